The van der Waals surface area contributed by atoms with Gasteiger partial charge in [0.2, 0.25) is 0 Å². The molecule has 0 aromatic carbocycles. The zero-order valence-electron chi connectivity index (χ0n) is 6.01. The van der Waals surface area contributed by atoms with Crippen LogP contribution >= 0.6 is 27.3 Å². The first-order valence-corrected chi connectivity index (χ1v) is 5.26. The summed E-state index contributed by atoms with van der Waals surface area (Å²) in [5.41, 5.74) is 7.08. The molecule has 0 bridgehead atoms. The van der Waals surface area contributed by atoms with E-state index in [2.05, 4.69) is 20.9 Å². The van der Waals surface area contributed by atoms with Crippen LogP contribution in [0, 0.1) is 0 Å². The molecule has 60 valence electrons. The van der Waals surface area contributed by atoms with Gasteiger partial charge in [0.15, 0.2) is 3.92 Å². The number of aromatic nitrogens is 1. The number of nitrogens with two attached hydrogens (primary N) is 1. The first-order valence-electron chi connectivity index (χ1n) is 3.65. The van der Waals surface area contributed by atoms with Gasteiger partial charge in [-0.1, -0.05) is 0 Å². The van der Waals surface area contributed by atoms with Crippen molar-refractivity contribution in [3.63, 3.8) is 0 Å². The van der Waals surface area contributed by atoms with Crippen molar-refractivity contribution >= 4 is 27.3 Å². The van der Waals surface area contributed by atoms with Crippen molar-refractivity contribution in [3.05, 3.63) is 14.5 Å². The van der Waals surface area contributed by atoms with Crippen molar-refractivity contribution in [2.75, 3.05) is 0 Å². The average Bonchev–Trinajstić information content (AvgIpc) is 2.27. The number of aryl methyl sites for hydroxylation is 1. The zero-order chi connectivity index (χ0) is 7.84. The van der Waals surface area contributed by atoms with Crippen molar-refractivity contribution in [2.45, 2.75) is 25.3 Å². The number of thiazole rings is 1. The molecule has 4 heteroatoms. The highest BCUT2D eigenvalue weighted by Gasteiger charge is 2.18. The van der Waals surface area contributed by atoms with Gasteiger partial charge in [-0.15, -0.1) is 11.3 Å². The molecule has 1 aliphatic rings. The molecule has 0 spiro atoms. The molecule has 1 aromatic heterocycles. The third-order valence-corrected chi connectivity index (χ3v) is 3.52. The highest BCUT2D eigenvalue weighted by Crippen LogP contribution is 2.28. The van der Waals surface area contributed by atoms with E-state index in [0.717, 1.165) is 23.2 Å². The lowest BCUT2D eigenvalue weighted by Crippen LogP contribution is -2.26. The molecule has 0 fully saturated rings. The van der Waals surface area contributed by atoms with E-state index in [1.165, 1.54) is 10.6 Å². The second-order valence-corrected chi connectivity index (χ2v) is 5.20. The molecule has 1 aromatic rings. The topological polar surface area (TPSA) is 38.9 Å². The first kappa shape index (κ1) is 7.71. The molecular formula is C7H9BrN2S. The fourth-order valence-electron chi connectivity index (χ4n) is 1.37. The zero-order valence-corrected chi connectivity index (χ0v) is 8.41. The molecule has 0 aliphatic heterocycles. The maximum atomic E-state index is 5.82. The van der Waals surface area contributed by atoms with Crippen molar-refractivity contribution in [2.24, 2.45) is 5.73 Å². The van der Waals surface area contributed by atoms with Gasteiger partial charge in [-0.25, -0.2) is 4.98 Å². The molecule has 1 atom stereocenters. The standard InChI is InChI=1S/C7H9BrN2S/c8-7-10-5-2-1-4(9)3-6(5)11-7/h4H,1-3,9H2/t4-/m0/s1. The molecule has 0 saturated carbocycles. The summed E-state index contributed by atoms with van der Waals surface area (Å²) in [5, 5.41) is 0. The average molecular weight is 233 g/mol. The normalized spacial score (nSPS) is 23.3. The third-order valence-electron chi connectivity index (χ3n) is 1.95. The van der Waals surface area contributed by atoms with Crippen LogP contribution in [0.4, 0.5) is 0 Å². The maximum Gasteiger partial charge on any atom is 0.159 e. The monoisotopic (exact) mass is 232 g/mol. The summed E-state index contributed by atoms with van der Waals surface area (Å²) in [6, 6.07) is 0.356. The summed E-state index contributed by atoms with van der Waals surface area (Å²) in [4.78, 5) is 5.74. The van der Waals surface area contributed by atoms with Gasteiger partial charge in [-0.2, -0.15) is 0 Å². The van der Waals surface area contributed by atoms with Crippen LogP contribution in [0.1, 0.15) is 17.0 Å². The Balaban J connectivity index is 2.34. The minimum Gasteiger partial charge on any atom is -0.327 e. The quantitative estimate of drug-likeness (QED) is 0.741. The highest BCUT2D eigenvalue weighted by atomic mass is 79.9. The van der Waals surface area contributed by atoms with Gasteiger partial charge in [-0.3, -0.25) is 0 Å². The van der Waals surface area contributed by atoms with E-state index in [4.69, 9.17) is 5.73 Å². The van der Waals surface area contributed by atoms with Crippen molar-refractivity contribution in [1.29, 1.82) is 0 Å². The molecule has 0 amide bonds. The second-order valence-electron chi connectivity index (χ2n) is 2.84. The van der Waals surface area contributed by atoms with Gasteiger partial charge in [-0.05, 0) is 35.2 Å². The fraction of sp³-hybridized carbons (Fsp3) is 0.571. The van der Waals surface area contributed by atoms with Crippen LogP contribution in [0.15, 0.2) is 3.92 Å². The molecule has 1 heterocycles. The van der Waals surface area contributed by atoms with E-state index in [9.17, 15) is 0 Å². The lowest BCUT2D eigenvalue weighted by molar-refractivity contribution is 0.576. The lowest BCUT2D eigenvalue weighted by Gasteiger charge is -2.15. The van der Waals surface area contributed by atoms with Crippen LogP contribution in [0.25, 0.3) is 0 Å². The summed E-state index contributed by atoms with van der Waals surface area (Å²) in [6.07, 6.45) is 3.15. The molecule has 0 radical (unpaired) electrons. The number of hydrogen-bond donors (Lipinski definition) is 1. The van der Waals surface area contributed by atoms with Gasteiger partial charge in [0.05, 0.1) is 5.69 Å². The molecular weight excluding hydrogens is 224 g/mol. The Morgan fingerprint density at radius 3 is 3.27 bits per heavy atom. The highest BCUT2D eigenvalue weighted by molar-refractivity contribution is 9.11. The Kier molecular flexibility index (Phi) is 1.99. The lowest BCUT2D eigenvalue weighted by atomic mass is 9.99. The minimum absolute atomic E-state index is 0.356. The Bertz CT molecular complexity index is 271. The van der Waals surface area contributed by atoms with Crippen LogP contribution < -0.4 is 5.73 Å². The number of rotatable bonds is 0. The van der Waals surface area contributed by atoms with E-state index in [1.807, 2.05) is 0 Å². The Hall–Kier alpha value is 0.0700. The number of fused-ring (bicyclic) bond motifs is 1. The SMILES string of the molecule is N[C@H]1CCc2nc(Br)sc2C1. The summed E-state index contributed by atoms with van der Waals surface area (Å²) in [6.45, 7) is 0. The molecule has 2 rings (SSSR count). The van der Waals surface area contributed by atoms with Gasteiger partial charge < -0.3 is 5.73 Å². The molecule has 2 nitrogen and oxygen atoms in total. The predicted octanol–water partition coefficient (Wildman–Crippen LogP) is 1.72. The van der Waals surface area contributed by atoms with Crippen molar-refractivity contribution < 1.29 is 0 Å². The van der Waals surface area contributed by atoms with E-state index in [0.29, 0.717) is 6.04 Å². The van der Waals surface area contributed by atoms with Crippen molar-refractivity contribution in [3.8, 4) is 0 Å². The van der Waals surface area contributed by atoms with Gasteiger partial charge in [0, 0.05) is 10.9 Å². The van der Waals surface area contributed by atoms with E-state index >= 15 is 0 Å². The van der Waals surface area contributed by atoms with E-state index < -0.39 is 0 Å². The van der Waals surface area contributed by atoms with Crippen LogP contribution in [-0.2, 0) is 12.8 Å². The molecule has 2 N–H and O–H groups in total. The molecule has 1 aliphatic carbocycles. The molecule has 0 saturated heterocycles. The Morgan fingerprint density at radius 2 is 2.45 bits per heavy atom. The smallest absolute Gasteiger partial charge is 0.159 e. The van der Waals surface area contributed by atoms with Crippen LogP contribution in [0.5, 0.6) is 0 Å². The Morgan fingerprint density at radius 1 is 1.64 bits per heavy atom. The first-order chi connectivity index (χ1) is 5.25. The number of hydrogen-bond acceptors (Lipinski definition) is 3. The summed E-state index contributed by atoms with van der Waals surface area (Å²) in [7, 11) is 0. The van der Waals surface area contributed by atoms with Gasteiger partial charge in [0.1, 0.15) is 0 Å². The summed E-state index contributed by atoms with van der Waals surface area (Å²) in [5.74, 6) is 0. The minimum atomic E-state index is 0.356. The van der Waals surface area contributed by atoms with Gasteiger partial charge >= 0.3 is 0 Å². The number of nitrogens with zero attached hydrogens (tertiary/aromatic N) is 1. The molecule has 11 heavy (non-hydrogen) atoms. The van der Waals surface area contributed by atoms with Crippen LogP contribution in [-0.4, -0.2) is 11.0 Å². The largest absolute Gasteiger partial charge is 0.327 e. The second kappa shape index (κ2) is 2.84. The third kappa shape index (κ3) is 1.48. The predicted molar refractivity (Wildman–Crippen MR) is 49.8 cm³/mol. The molecule has 0 unspecified atom stereocenters. The van der Waals surface area contributed by atoms with Gasteiger partial charge in [0.25, 0.3) is 0 Å². The van der Waals surface area contributed by atoms with E-state index in [1.54, 1.807) is 11.3 Å². The number of halogens is 1. The maximum absolute atomic E-state index is 5.82. The fourth-order valence-corrected chi connectivity index (χ4v) is 3.09. The van der Waals surface area contributed by atoms with Crippen LogP contribution in [0.3, 0.4) is 0 Å². The van der Waals surface area contributed by atoms with Crippen LogP contribution in [0.2, 0.25) is 0 Å². The summed E-state index contributed by atoms with van der Waals surface area (Å²) < 4.78 is 0.997. The van der Waals surface area contributed by atoms with E-state index in [-0.39, 0.29) is 0 Å². The summed E-state index contributed by atoms with van der Waals surface area (Å²) >= 11 is 5.10. The van der Waals surface area contributed by atoms with Crippen molar-refractivity contribution in [1.82, 2.24) is 4.98 Å². The Labute approximate surface area is 78.0 Å².